The highest BCUT2D eigenvalue weighted by atomic mass is 32.2. The third-order valence-corrected chi connectivity index (χ3v) is 8.41. The topological polar surface area (TPSA) is 74.6 Å². The van der Waals surface area contributed by atoms with Crippen molar-refractivity contribution in [3.05, 3.63) is 42.5 Å². The first-order valence-corrected chi connectivity index (χ1v) is 12.1. The van der Waals surface area contributed by atoms with Gasteiger partial charge >= 0.3 is 13.8 Å². The number of benzene rings is 2. The maximum Gasteiger partial charge on any atom is 0.353 e. The van der Waals surface area contributed by atoms with Crippen molar-refractivity contribution < 1.29 is 19.6 Å². The second kappa shape index (κ2) is 9.18. The molecule has 0 heterocycles. The average Bonchev–Trinajstić information content (AvgIpc) is 2.67. The van der Waals surface area contributed by atoms with Gasteiger partial charge in [0.1, 0.15) is 0 Å². The Morgan fingerprint density at radius 2 is 1.81 bits per heavy atom. The monoisotopic (exact) mass is 405 g/mol. The fraction of sp³-hybridized carbons (Fsp3) is 0.476. The molecule has 0 spiro atoms. The highest BCUT2D eigenvalue weighted by Gasteiger charge is 2.45. The number of hydrogen-bond acceptors (Lipinski definition) is 4. The molecule has 0 amide bonds. The first-order chi connectivity index (χ1) is 13.0. The molecule has 0 bridgehead atoms. The third kappa shape index (κ3) is 5.54. The minimum absolute atomic E-state index is 0.172. The summed E-state index contributed by atoms with van der Waals surface area (Å²) in [5, 5.41) is 22.5. The number of aliphatic hydroxyl groups is 1. The lowest BCUT2D eigenvalue weighted by atomic mass is 9.81. The molecule has 1 fully saturated rings. The molecular formula is C21H26O4PS+. The van der Waals surface area contributed by atoms with E-state index in [1.54, 1.807) is 0 Å². The van der Waals surface area contributed by atoms with Crippen LogP contribution in [0.4, 0.5) is 0 Å². The molecular weight excluding hydrogens is 379 g/mol. The van der Waals surface area contributed by atoms with Crippen molar-refractivity contribution in [1.29, 1.82) is 0 Å². The van der Waals surface area contributed by atoms with Crippen molar-refractivity contribution in [3.63, 3.8) is 0 Å². The van der Waals surface area contributed by atoms with Gasteiger partial charge in [0.15, 0.2) is 11.7 Å². The molecule has 1 aliphatic rings. The number of hydrogen-bond donors (Lipinski definition) is 2. The van der Waals surface area contributed by atoms with Gasteiger partial charge in [-0.05, 0) is 35.2 Å². The van der Waals surface area contributed by atoms with Gasteiger partial charge in [-0.2, -0.15) is 0 Å². The van der Waals surface area contributed by atoms with Crippen LogP contribution in [0.25, 0.3) is 10.8 Å². The van der Waals surface area contributed by atoms with Gasteiger partial charge in [0.2, 0.25) is 5.60 Å². The van der Waals surface area contributed by atoms with Crippen molar-refractivity contribution in [1.82, 2.24) is 0 Å². The van der Waals surface area contributed by atoms with Crippen LogP contribution in [0.2, 0.25) is 0 Å². The van der Waals surface area contributed by atoms with Gasteiger partial charge in [0.25, 0.3) is 0 Å². The number of rotatable bonds is 8. The van der Waals surface area contributed by atoms with Crippen LogP contribution in [0.5, 0.6) is 0 Å². The summed E-state index contributed by atoms with van der Waals surface area (Å²) in [5.41, 5.74) is -1.56. The largest absolute Gasteiger partial charge is 0.479 e. The Morgan fingerprint density at radius 1 is 1.11 bits per heavy atom. The van der Waals surface area contributed by atoms with E-state index in [2.05, 4.69) is 6.07 Å². The van der Waals surface area contributed by atoms with Crippen LogP contribution >= 0.6 is 19.6 Å². The molecule has 1 aliphatic carbocycles. The Kier molecular flexibility index (Phi) is 6.91. The van der Waals surface area contributed by atoms with E-state index in [1.807, 2.05) is 36.4 Å². The molecule has 27 heavy (non-hydrogen) atoms. The fourth-order valence-electron chi connectivity index (χ4n) is 3.83. The Hall–Kier alpha value is -1.42. The van der Waals surface area contributed by atoms with E-state index in [0.717, 1.165) is 41.4 Å². The highest BCUT2D eigenvalue weighted by molar-refractivity contribution is 8.03. The summed E-state index contributed by atoms with van der Waals surface area (Å²) in [5.74, 6) is -1.02. The fourth-order valence-corrected chi connectivity index (χ4v) is 6.59. The molecule has 1 saturated carbocycles. The number of aliphatic carboxylic acids is 1. The summed E-state index contributed by atoms with van der Waals surface area (Å²) < 4.78 is 12.5. The van der Waals surface area contributed by atoms with E-state index < -0.39 is 19.4 Å². The van der Waals surface area contributed by atoms with E-state index in [4.69, 9.17) is 0 Å². The van der Waals surface area contributed by atoms with Crippen molar-refractivity contribution >= 4 is 36.3 Å². The number of thioether (sulfide) groups is 1. The third-order valence-electron chi connectivity index (χ3n) is 5.28. The first kappa shape index (κ1) is 20.3. The molecule has 0 radical (unpaired) electrons. The summed E-state index contributed by atoms with van der Waals surface area (Å²) in [4.78, 5) is 12.7. The van der Waals surface area contributed by atoms with Gasteiger partial charge in [-0.3, -0.25) is 0 Å². The quantitative estimate of drug-likeness (QED) is 0.448. The summed E-state index contributed by atoms with van der Waals surface area (Å²) in [6.07, 6.45) is 5.31. The Balaban J connectivity index is 1.58. The van der Waals surface area contributed by atoms with Crippen LogP contribution in [0.1, 0.15) is 38.5 Å². The summed E-state index contributed by atoms with van der Waals surface area (Å²) in [6.45, 7) is 0. The second-order valence-corrected chi connectivity index (χ2v) is 10.5. The second-order valence-electron chi connectivity index (χ2n) is 7.47. The molecule has 2 N–H and O–H groups in total. The zero-order valence-electron chi connectivity index (χ0n) is 15.3. The van der Waals surface area contributed by atoms with Crippen LogP contribution in [0.15, 0.2) is 47.4 Å². The smallest absolute Gasteiger partial charge is 0.353 e. The minimum Gasteiger partial charge on any atom is -0.479 e. The maximum absolute atomic E-state index is 12.5. The number of carbonyl (C=O) groups is 1. The van der Waals surface area contributed by atoms with E-state index in [-0.39, 0.29) is 18.5 Å². The lowest BCUT2D eigenvalue weighted by Gasteiger charge is -2.27. The molecule has 2 atom stereocenters. The van der Waals surface area contributed by atoms with Crippen molar-refractivity contribution in [2.45, 2.75) is 49.0 Å². The van der Waals surface area contributed by atoms with E-state index in [1.165, 1.54) is 18.2 Å². The minimum atomic E-state index is -1.88. The van der Waals surface area contributed by atoms with E-state index in [9.17, 15) is 19.6 Å². The van der Waals surface area contributed by atoms with Crippen LogP contribution in [-0.2, 0) is 9.36 Å². The number of carboxylic acid groups (broad SMARTS) is 1. The maximum atomic E-state index is 12.5. The standard InChI is InChI=1S/C21H25O4PS/c22-20(23)21(24,13-16-6-2-1-3-7-16)14-26(25)15-27-19-11-10-17-8-4-5-9-18(17)12-19/h4-5,8-12,16,24H,1-3,6-7,13-15H2/p+1. The number of carboxylic acids is 1. The molecule has 6 heteroatoms. The molecule has 3 rings (SSSR count). The van der Waals surface area contributed by atoms with Crippen molar-refractivity contribution in [3.8, 4) is 0 Å². The SMILES string of the molecule is O=C(O)C(O)(CC1CCCCC1)C[P+](=O)CSc1ccc2ccccc2c1. The predicted molar refractivity (Wildman–Crippen MR) is 111 cm³/mol. The Bertz CT molecular complexity index is 819. The van der Waals surface area contributed by atoms with Gasteiger partial charge in [0, 0.05) is 4.90 Å². The van der Waals surface area contributed by atoms with E-state index in [0.29, 0.717) is 5.49 Å². The zero-order valence-corrected chi connectivity index (χ0v) is 17.1. The number of fused-ring (bicyclic) bond motifs is 1. The van der Waals surface area contributed by atoms with Gasteiger partial charge in [-0.25, -0.2) is 4.79 Å². The molecule has 0 aromatic heterocycles. The normalized spacial score (nSPS) is 18.2. The summed E-state index contributed by atoms with van der Waals surface area (Å²) >= 11 is 1.45. The van der Waals surface area contributed by atoms with Crippen LogP contribution in [0, 0.1) is 5.92 Å². The molecule has 2 aromatic carbocycles. The molecule has 2 unspecified atom stereocenters. The average molecular weight is 405 g/mol. The molecule has 0 saturated heterocycles. The van der Waals surface area contributed by atoms with Gasteiger partial charge < -0.3 is 10.2 Å². The van der Waals surface area contributed by atoms with Crippen LogP contribution in [0.3, 0.4) is 0 Å². The molecule has 4 nitrogen and oxygen atoms in total. The van der Waals surface area contributed by atoms with Crippen LogP contribution < -0.4 is 0 Å². The zero-order chi connectivity index (χ0) is 19.3. The van der Waals surface area contributed by atoms with Crippen LogP contribution in [-0.4, -0.2) is 33.4 Å². The lowest BCUT2D eigenvalue weighted by Crippen LogP contribution is -2.43. The summed E-state index contributed by atoms with van der Waals surface area (Å²) in [6, 6.07) is 14.1. The summed E-state index contributed by atoms with van der Waals surface area (Å²) in [7, 11) is -1.81. The molecule has 0 aliphatic heterocycles. The van der Waals surface area contributed by atoms with Gasteiger partial charge in [-0.15, -0.1) is 0 Å². The van der Waals surface area contributed by atoms with Crippen molar-refractivity contribution in [2.75, 3.05) is 11.7 Å². The van der Waals surface area contributed by atoms with Gasteiger partial charge in [0.05, 0.1) is 0 Å². The highest BCUT2D eigenvalue weighted by Crippen LogP contribution is 2.39. The first-order valence-electron chi connectivity index (χ1n) is 9.46. The lowest BCUT2D eigenvalue weighted by molar-refractivity contribution is -0.158. The Morgan fingerprint density at radius 3 is 2.52 bits per heavy atom. The molecule has 144 valence electrons. The Labute approximate surface area is 165 Å². The van der Waals surface area contributed by atoms with Crippen molar-refractivity contribution in [2.24, 2.45) is 5.92 Å². The molecule has 2 aromatic rings. The predicted octanol–water partition coefficient (Wildman–Crippen LogP) is 5.50. The van der Waals surface area contributed by atoms with E-state index >= 15 is 0 Å². The van der Waals surface area contributed by atoms with Gasteiger partial charge in [-0.1, -0.05) is 78.8 Å².